The number of halogens is 1. The highest BCUT2D eigenvalue weighted by Gasteiger charge is 2.19. The summed E-state index contributed by atoms with van der Waals surface area (Å²) in [4.78, 5) is 25.4. The molecule has 0 spiro atoms. The Morgan fingerprint density at radius 3 is 2.50 bits per heavy atom. The van der Waals surface area contributed by atoms with Crippen molar-refractivity contribution in [3.63, 3.8) is 0 Å². The number of nitrogens with one attached hydrogen (secondary N) is 1. The van der Waals surface area contributed by atoms with Crippen LogP contribution in [0.25, 0.3) is 0 Å². The number of hydrogen-bond donors (Lipinski definition) is 1. The third-order valence-corrected chi connectivity index (χ3v) is 2.47. The van der Waals surface area contributed by atoms with Gasteiger partial charge in [0.25, 0.3) is 0 Å². The minimum Gasteiger partial charge on any atom is -0.462 e. The minimum atomic E-state index is -0.459. The fraction of sp³-hybridized carbons (Fsp3) is 0.455. The Labute approximate surface area is 98.9 Å². The molecule has 1 heterocycles. The number of carbonyl (C=O) groups excluding carboxylic acids is 2. The van der Waals surface area contributed by atoms with E-state index in [1.54, 1.807) is 20.8 Å². The Balaban J connectivity index is 3.06. The zero-order valence-electron chi connectivity index (χ0n) is 9.52. The van der Waals surface area contributed by atoms with Crippen LogP contribution in [0.3, 0.4) is 0 Å². The van der Waals surface area contributed by atoms with E-state index in [-0.39, 0.29) is 12.4 Å². The lowest BCUT2D eigenvalue weighted by Crippen LogP contribution is -2.07. The van der Waals surface area contributed by atoms with E-state index in [1.165, 1.54) is 0 Å². The third kappa shape index (κ3) is 2.64. The first-order chi connectivity index (χ1) is 7.47. The molecular weight excluding hydrogens is 230 g/mol. The molecule has 0 aliphatic carbocycles. The second-order valence-electron chi connectivity index (χ2n) is 3.48. The fourth-order valence-electron chi connectivity index (χ4n) is 1.64. The molecule has 0 saturated heterocycles. The van der Waals surface area contributed by atoms with Crippen LogP contribution in [0.2, 0.25) is 0 Å². The van der Waals surface area contributed by atoms with Gasteiger partial charge in [0.2, 0.25) is 5.24 Å². The van der Waals surface area contributed by atoms with Gasteiger partial charge in [0.15, 0.2) is 0 Å². The van der Waals surface area contributed by atoms with Crippen LogP contribution in [0.4, 0.5) is 0 Å². The first-order valence-electron chi connectivity index (χ1n) is 5.00. The number of carbonyl (C=O) groups is 2. The number of aryl methyl sites for hydroxylation is 1. The Bertz CT molecular complexity index is 423. The van der Waals surface area contributed by atoms with E-state index >= 15 is 0 Å². The van der Waals surface area contributed by atoms with E-state index in [2.05, 4.69) is 4.98 Å². The molecule has 88 valence electrons. The van der Waals surface area contributed by atoms with Gasteiger partial charge >= 0.3 is 5.97 Å². The summed E-state index contributed by atoms with van der Waals surface area (Å²) < 4.78 is 4.93. The molecule has 0 unspecified atom stereocenters. The molecule has 16 heavy (non-hydrogen) atoms. The molecule has 0 aromatic carbocycles. The van der Waals surface area contributed by atoms with Gasteiger partial charge in [0.05, 0.1) is 18.6 Å². The Morgan fingerprint density at radius 1 is 1.38 bits per heavy atom. The standard InChI is InChI=1S/C11H14ClNO3/c1-4-16-11(15)10-6(2)8(5-9(12)14)13-7(10)3/h13H,4-5H2,1-3H3. The van der Waals surface area contributed by atoms with Crippen LogP contribution >= 0.6 is 11.6 Å². The lowest BCUT2D eigenvalue weighted by molar-refractivity contribution is -0.111. The van der Waals surface area contributed by atoms with Crippen LogP contribution in [-0.2, 0) is 16.0 Å². The zero-order valence-corrected chi connectivity index (χ0v) is 10.3. The number of esters is 1. The molecule has 5 heteroatoms. The largest absolute Gasteiger partial charge is 0.462 e. The number of aromatic amines is 1. The van der Waals surface area contributed by atoms with Crippen LogP contribution in [0.15, 0.2) is 0 Å². The highest BCUT2D eigenvalue weighted by molar-refractivity contribution is 6.63. The van der Waals surface area contributed by atoms with Crippen molar-refractivity contribution in [3.05, 3.63) is 22.5 Å². The molecule has 1 N–H and O–H groups in total. The van der Waals surface area contributed by atoms with Crippen LogP contribution in [0.1, 0.15) is 34.2 Å². The monoisotopic (exact) mass is 243 g/mol. The van der Waals surface area contributed by atoms with Gasteiger partial charge in [-0.05, 0) is 37.9 Å². The van der Waals surface area contributed by atoms with Crippen LogP contribution in [0.5, 0.6) is 0 Å². The molecule has 1 aromatic heterocycles. The van der Waals surface area contributed by atoms with Crippen LogP contribution in [0, 0.1) is 13.8 Å². The van der Waals surface area contributed by atoms with Gasteiger partial charge < -0.3 is 9.72 Å². The van der Waals surface area contributed by atoms with Gasteiger partial charge in [-0.1, -0.05) is 0 Å². The van der Waals surface area contributed by atoms with E-state index in [4.69, 9.17) is 16.3 Å². The van der Waals surface area contributed by atoms with Gasteiger partial charge in [-0.15, -0.1) is 0 Å². The normalized spacial score (nSPS) is 10.2. The van der Waals surface area contributed by atoms with Gasteiger partial charge in [0.1, 0.15) is 0 Å². The fourth-order valence-corrected chi connectivity index (χ4v) is 1.77. The predicted octanol–water partition coefficient (Wildman–Crippen LogP) is 2.12. The molecule has 0 saturated carbocycles. The molecule has 0 amide bonds. The first kappa shape index (κ1) is 12.8. The van der Waals surface area contributed by atoms with E-state index in [0.29, 0.717) is 23.6 Å². The molecule has 0 radical (unpaired) electrons. The third-order valence-electron chi connectivity index (χ3n) is 2.34. The van der Waals surface area contributed by atoms with Crippen molar-refractivity contribution in [2.75, 3.05) is 6.61 Å². The molecule has 0 bridgehead atoms. The minimum absolute atomic E-state index is 0.0909. The predicted molar refractivity (Wildman–Crippen MR) is 60.8 cm³/mol. The smallest absolute Gasteiger partial charge is 0.340 e. The number of ether oxygens (including phenoxy) is 1. The van der Waals surface area contributed by atoms with E-state index < -0.39 is 5.24 Å². The lowest BCUT2D eigenvalue weighted by atomic mass is 10.1. The van der Waals surface area contributed by atoms with Gasteiger partial charge in [-0.25, -0.2) is 4.79 Å². The second kappa shape index (κ2) is 5.16. The zero-order chi connectivity index (χ0) is 12.3. The van der Waals surface area contributed by atoms with E-state index in [1.807, 2.05) is 0 Å². The average molecular weight is 244 g/mol. The molecule has 0 aliphatic heterocycles. The SMILES string of the molecule is CCOC(=O)c1c(C)[nH]c(CC(=O)Cl)c1C. The van der Waals surface area contributed by atoms with Gasteiger partial charge in [0, 0.05) is 11.4 Å². The summed E-state index contributed by atoms with van der Waals surface area (Å²) in [6, 6.07) is 0. The van der Waals surface area contributed by atoms with Crippen molar-refractivity contribution in [1.29, 1.82) is 0 Å². The van der Waals surface area contributed by atoms with Crippen LogP contribution < -0.4 is 0 Å². The van der Waals surface area contributed by atoms with Crippen molar-refractivity contribution in [1.82, 2.24) is 4.98 Å². The van der Waals surface area contributed by atoms with Crippen molar-refractivity contribution in [2.24, 2.45) is 0 Å². The molecular formula is C11H14ClNO3. The number of aromatic nitrogens is 1. The van der Waals surface area contributed by atoms with E-state index in [9.17, 15) is 9.59 Å². The van der Waals surface area contributed by atoms with Gasteiger partial charge in [-0.3, -0.25) is 4.79 Å². The molecule has 1 rings (SSSR count). The molecule has 0 atom stereocenters. The Kier molecular flexibility index (Phi) is 4.12. The number of H-pyrrole nitrogens is 1. The summed E-state index contributed by atoms with van der Waals surface area (Å²) in [6.07, 6.45) is 0.0909. The Morgan fingerprint density at radius 2 is 2.00 bits per heavy atom. The molecule has 0 aliphatic rings. The van der Waals surface area contributed by atoms with Crippen molar-refractivity contribution in [2.45, 2.75) is 27.2 Å². The topological polar surface area (TPSA) is 59.2 Å². The van der Waals surface area contributed by atoms with E-state index in [0.717, 1.165) is 5.56 Å². The maximum absolute atomic E-state index is 11.6. The summed E-state index contributed by atoms with van der Waals surface area (Å²) in [5.74, 6) is -0.373. The molecule has 1 aromatic rings. The van der Waals surface area contributed by atoms with Crippen molar-refractivity contribution in [3.8, 4) is 0 Å². The molecule has 0 fully saturated rings. The maximum atomic E-state index is 11.6. The van der Waals surface area contributed by atoms with Crippen molar-refractivity contribution >= 4 is 22.8 Å². The highest BCUT2D eigenvalue weighted by atomic mass is 35.5. The second-order valence-corrected chi connectivity index (χ2v) is 3.90. The lowest BCUT2D eigenvalue weighted by Gasteiger charge is -2.02. The quantitative estimate of drug-likeness (QED) is 0.651. The summed E-state index contributed by atoms with van der Waals surface area (Å²) in [6.45, 7) is 5.61. The number of hydrogen-bond acceptors (Lipinski definition) is 3. The first-order valence-corrected chi connectivity index (χ1v) is 5.38. The summed E-state index contributed by atoms with van der Waals surface area (Å²) in [5.41, 5.74) is 2.59. The van der Waals surface area contributed by atoms with Crippen molar-refractivity contribution < 1.29 is 14.3 Å². The highest BCUT2D eigenvalue weighted by Crippen LogP contribution is 2.19. The average Bonchev–Trinajstić information content (AvgIpc) is 2.41. The summed E-state index contributed by atoms with van der Waals surface area (Å²) >= 11 is 5.31. The number of rotatable bonds is 4. The molecule has 4 nitrogen and oxygen atoms in total. The van der Waals surface area contributed by atoms with Gasteiger partial charge in [-0.2, -0.15) is 0 Å². The van der Waals surface area contributed by atoms with Crippen LogP contribution in [-0.4, -0.2) is 22.8 Å². The summed E-state index contributed by atoms with van der Waals surface area (Å²) in [5, 5.41) is -0.459. The Hall–Kier alpha value is -1.29. The maximum Gasteiger partial charge on any atom is 0.340 e. The summed E-state index contributed by atoms with van der Waals surface area (Å²) in [7, 11) is 0.